The van der Waals surface area contributed by atoms with E-state index in [1.807, 2.05) is 24.3 Å². The molecule has 0 aromatic heterocycles. The summed E-state index contributed by atoms with van der Waals surface area (Å²) in [6.45, 7) is 6.91. The van der Waals surface area contributed by atoms with Crippen molar-refractivity contribution in [1.82, 2.24) is 0 Å². The summed E-state index contributed by atoms with van der Waals surface area (Å²) < 4.78 is 22.1. The quantitative estimate of drug-likeness (QED) is 0.131. The molecule has 0 spiro atoms. The van der Waals surface area contributed by atoms with Gasteiger partial charge in [0.15, 0.2) is 0 Å². The third-order valence-corrected chi connectivity index (χ3v) is 5.61. The minimum atomic E-state index is -0.781. The van der Waals surface area contributed by atoms with Gasteiger partial charge in [-0.05, 0) is 48.4 Å². The van der Waals surface area contributed by atoms with E-state index >= 15 is 0 Å². The summed E-state index contributed by atoms with van der Waals surface area (Å²) in [4.78, 5) is 11.6. The number of benzene rings is 2. The number of hydrogen-bond acceptors (Lipinski definition) is 6. The number of aliphatic hydroxyl groups excluding tert-OH is 1. The highest BCUT2D eigenvalue weighted by Crippen LogP contribution is 2.19. The van der Waals surface area contributed by atoms with Crippen molar-refractivity contribution in [3.05, 3.63) is 66.7 Å². The lowest BCUT2D eigenvalue weighted by Gasteiger charge is -2.14. The Morgan fingerprint density at radius 1 is 0.806 bits per heavy atom. The van der Waals surface area contributed by atoms with E-state index in [-0.39, 0.29) is 32.2 Å². The number of esters is 1. The van der Waals surface area contributed by atoms with Gasteiger partial charge in [-0.3, -0.25) is 4.79 Å². The van der Waals surface area contributed by atoms with Crippen molar-refractivity contribution >= 4 is 5.97 Å². The fourth-order valence-corrected chi connectivity index (χ4v) is 3.56. The fourth-order valence-electron chi connectivity index (χ4n) is 3.56. The molecule has 0 bridgehead atoms. The molecule has 1 unspecified atom stereocenters. The van der Waals surface area contributed by atoms with Crippen molar-refractivity contribution in [2.75, 3.05) is 26.4 Å². The molecule has 0 radical (unpaired) electrons. The van der Waals surface area contributed by atoms with Crippen molar-refractivity contribution in [1.29, 1.82) is 0 Å². The molecule has 0 fully saturated rings. The van der Waals surface area contributed by atoms with Gasteiger partial charge in [0.25, 0.3) is 0 Å². The Kier molecular flexibility index (Phi) is 14.9. The maximum absolute atomic E-state index is 11.6. The van der Waals surface area contributed by atoms with Gasteiger partial charge in [-0.1, -0.05) is 76.7 Å². The Hall–Kier alpha value is -2.99. The Bertz CT molecular complexity index is 847. The number of hydrogen-bond donors (Lipinski definition) is 1. The number of aliphatic hydroxyl groups is 1. The molecular weight excluding hydrogens is 456 g/mol. The number of carbonyl (C=O) groups is 1. The first-order valence-corrected chi connectivity index (χ1v) is 13.1. The van der Waals surface area contributed by atoms with E-state index in [0.717, 1.165) is 24.3 Å². The van der Waals surface area contributed by atoms with Gasteiger partial charge in [-0.2, -0.15) is 0 Å². The van der Waals surface area contributed by atoms with Crippen molar-refractivity contribution in [2.24, 2.45) is 0 Å². The summed E-state index contributed by atoms with van der Waals surface area (Å²) in [6, 6.07) is 14.6. The van der Waals surface area contributed by atoms with Crippen LogP contribution in [-0.4, -0.2) is 43.6 Å². The first kappa shape index (κ1) is 29.2. The van der Waals surface area contributed by atoms with Crippen LogP contribution in [0.3, 0.4) is 0 Å². The zero-order valence-corrected chi connectivity index (χ0v) is 21.7. The van der Waals surface area contributed by atoms with Gasteiger partial charge in [0.1, 0.15) is 43.2 Å². The van der Waals surface area contributed by atoms with Crippen LogP contribution in [0.1, 0.15) is 63.9 Å². The second-order valence-corrected chi connectivity index (χ2v) is 8.86. The van der Waals surface area contributed by atoms with E-state index in [2.05, 4.69) is 13.5 Å². The monoisotopic (exact) mass is 498 g/mol. The first-order chi connectivity index (χ1) is 17.6. The zero-order chi connectivity index (χ0) is 25.8. The molecule has 0 aliphatic carbocycles. The summed E-state index contributed by atoms with van der Waals surface area (Å²) in [5.41, 5.74) is 0.825. The molecule has 198 valence electrons. The van der Waals surface area contributed by atoms with Crippen LogP contribution in [-0.2, 0) is 16.0 Å². The Morgan fingerprint density at radius 2 is 1.31 bits per heavy atom. The smallest absolute Gasteiger partial charge is 0.310 e. The molecule has 36 heavy (non-hydrogen) atoms. The topological polar surface area (TPSA) is 74.2 Å². The number of unbranched alkanes of at least 4 members (excludes halogenated alkanes) is 7. The first-order valence-electron chi connectivity index (χ1n) is 13.1. The second kappa shape index (κ2) is 18.3. The fraction of sp³-hybridized carbons (Fsp3) is 0.500. The highest BCUT2D eigenvalue weighted by molar-refractivity contribution is 5.72. The molecule has 0 saturated carbocycles. The van der Waals surface area contributed by atoms with Gasteiger partial charge >= 0.3 is 5.97 Å². The summed E-state index contributed by atoms with van der Waals surface area (Å²) in [7, 11) is 0. The maximum Gasteiger partial charge on any atom is 0.310 e. The molecule has 0 heterocycles. The molecule has 0 aliphatic heterocycles. The van der Waals surface area contributed by atoms with Gasteiger partial charge in [0, 0.05) is 0 Å². The minimum Gasteiger partial charge on any atom is -0.494 e. The van der Waals surface area contributed by atoms with Crippen molar-refractivity contribution in [2.45, 2.75) is 70.8 Å². The summed E-state index contributed by atoms with van der Waals surface area (Å²) in [6.07, 6.45) is 11.2. The largest absolute Gasteiger partial charge is 0.494 e. The summed E-state index contributed by atoms with van der Waals surface area (Å²) in [5, 5.41) is 10.2. The lowest BCUT2D eigenvalue weighted by Crippen LogP contribution is -2.25. The molecule has 6 heteroatoms. The van der Waals surface area contributed by atoms with E-state index in [0.29, 0.717) is 11.5 Å². The predicted molar refractivity (Wildman–Crippen MR) is 143 cm³/mol. The lowest BCUT2D eigenvalue weighted by atomic mass is 10.1. The van der Waals surface area contributed by atoms with E-state index in [4.69, 9.17) is 18.9 Å². The van der Waals surface area contributed by atoms with Crippen LogP contribution in [0.25, 0.3) is 0 Å². The van der Waals surface area contributed by atoms with Crippen molar-refractivity contribution in [3.63, 3.8) is 0 Å². The third-order valence-electron chi connectivity index (χ3n) is 5.61. The van der Waals surface area contributed by atoms with Crippen LogP contribution in [0.5, 0.6) is 17.2 Å². The van der Waals surface area contributed by atoms with Gasteiger partial charge < -0.3 is 24.1 Å². The zero-order valence-electron chi connectivity index (χ0n) is 21.7. The predicted octanol–water partition coefficient (Wildman–Crippen LogP) is 6.30. The van der Waals surface area contributed by atoms with Crippen molar-refractivity contribution in [3.8, 4) is 17.2 Å². The summed E-state index contributed by atoms with van der Waals surface area (Å²) in [5.74, 6) is 1.79. The highest BCUT2D eigenvalue weighted by Gasteiger charge is 2.08. The Balaban J connectivity index is 1.57. The van der Waals surface area contributed by atoms with Gasteiger partial charge in [-0.25, -0.2) is 0 Å². The van der Waals surface area contributed by atoms with E-state index in [1.54, 1.807) is 24.3 Å². The minimum absolute atomic E-state index is 0.0977. The Morgan fingerprint density at radius 3 is 1.86 bits per heavy atom. The molecular formula is C30H42O6. The number of carbonyl (C=O) groups excluding carboxylic acids is 1. The van der Waals surface area contributed by atoms with Crippen molar-refractivity contribution < 1.29 is 28.8 Å². The molecule has 2 aromatic carbocycles. The molecule has 0 aliphatic rings. The van der Waals surface area contributed by atoms with Crippen LogP contribution < -0.4 is 14.2 Å². The van der Waals surface area contributed by atoms with Gasteiger partial charge in [0.05, 0.1) is 13.0 Å². The highest BCUT2D eigenvalue weighted by atomic mass is 16.5. The number of rotatable bonds is 20. The van der Waals surface area contributed by atoms with E-state index < -0.39 is 6.10 Å². The van der Waals surface area contributed by atoms with Crippen LogP contribution in [0.2, 0.25) is 0 Å². The third kappa shape index (κ3) is 13.2. The van der Waals surface area contributed by atoms with Crippen LogP contribution in [0, 0.1) is 0 Å². The molecule has 1 N–H and O–H groups in total. The molecule has 0 saturated heterocycles. The lowest BCUT2D eigenvalue weighted by molar-refractivity contribution is -0.141. The average molecular weight is 499 g/mol. The van der Waals surface area contributed by atoms with E-state index in [9.17, 15) is 9.90 Å². The standard InChI is InChI=1S/C30H42O6/c1-3-5-6-7-8-9-10-11-21-33-27-16-18-29(19-17-27)36-24-26(31)23-35-28-14-12-25(13-15-28)22-30(32)34-20-4-2/h4,12-19,26,31H,2-3,5-11,20-24H2,1H3. The van der Waals surface area contributed by atoms with Gasteiger partial charge in [0.2, 0.25) is 0 Å². The molecule has 2 aromatic rings. The molecule has 6 nitrogen and oxygen atoms in total. The summed E-state index contributed by atoms with van der Waals surface area (Å²) >= 11 is 0. The molecule has 1 atom stereocenters. The maximum atomic E-state index is 11.6. The number of ether oxygens (including phenoxy) is 4. The van der Waals surface area contributed by atoms with Crippen LogP contribution >= 0.6 is 0 Å². The van der Waals surface area contributed by atoms with Crippen LogP contribution in [0.15, 0.2) is 61.2 Å². The second-order valence-electron chi connectivity index (χ2n) is 8.86. The molecule has 0 amide bonds. The SMILES string of the molecule is C=CCOC(=O)Cc1ccc(OCC(O)COc2ccc(OCCCCCCCCCC)cc2)cc1. The Labute approximate surface area is 216 Å². The van der Waals surface area contributed by atoms with Crippen LogP contribution in [0.4, 0.5) is 0 Å². The molecule has 2 rings (SSSR count). The van der Waals surface area contributed by atoms with E-state index in [1.165, 1.54) is 51.0 Å². The van der Waals surface area contributed by atoms with Gasteiger partial charge in [-0.15, -0.1) is 0 Å². The normalized spacial score (nSPS) is 11.5. The average Bonchev–Trinajstić information content (AvgIpc) is 2.90.